The molecule has 1 aromatic heterocycles. The van der Waals surface area contributed by atoms with Crippen molar-refractivity contribution < 1.29 is 4.79 Å². The predicted octanol–water partition coefficient (Wildman–Crippen LogP) is 3.37. The van der Waals surface area contributed by atoms with Gasteiger partial charge in [0.05, 0.1) is 11.0 Å². The fourth-order valence-electron chi connectivity index (χ4n) is 4.11. The van der Waals surface area contributed by atoms with Crippen molar-refractivity contribution >= 4 is 22.6 Å². The fraction of sp³-hybridized carbons (Fsp3) is 0.364. The highest BCUT2D eigenvalue weighted by molar-refractivity contribution is 5.83. The van der Waals surface area contributed by atoms with Gasteiger partial charge in [-0.2, -0.15) is 0 Å². The molecule has 0 spiro atoms. The maximum absolute atomic E-state index is 12.7. The lowest BCUT2D eigenvalue weighted by atomic mass is 10.2. The highest BCUT2D eigenvalue weighted by Crippen LogP contribution is 2.46. The summed E-state index contributed by atoms with van der Waals surface area (Å²) in [5.74, 6) is 1.41. The van der Waals surface area contributed by atoms with Crippen LogP contribution in [-0.2, 0) is 4.79 Å². The van der Waals surface area contributed by atoms with Crippen LogP contribution in [-0.4, -0.2) is 35.0 Å². The molecule has 2 heterocycles. The lowest BCUT2D eigenvalue weighted by molar-refractivity contribution is -0.123. The Bertz CT molecular complexity index is 944. The third kappa shape index (κ3) is 3.18. The lowest BCUT2D eigenvalue weighted by Crippen LogP contribution is -2.38. The molecule has 3 aromatic rings. The monoisotopic (exact) mass is 360 g/mol. The number of amides is 1. The number of aromatic amines is 1. The van der Waals surface area contributed by atoms with Crippen molar-refractivity contribution in [3.8, 4) is 0 Å². The number of H-pyrrole nitrogens is 1. The number of nitrogens with one attached hydrogen (secondary N) is 2. The molecule has 0 radical (unpaired) electrons. The zero-order valence-corrected chi connectivity index (χ0v) is 15.5. The molecule has 1 amide bonds. The van der Waals surface area contributed by atoms with E-state index in [0.29, 0.717) is 0 Å². The van der Waals surface area contributed by atoms with Gasteiger partial charge in [0.1, 0.15) is 5.82 Å². The number of nitrogens with zero attached hydrogens (tertiary/aromatic N) is 2. The predicted molar refractivity (Wildman–Crippen MR) is 107 cm³/mol. The summed E-state index contributed by atoms with van der Waals surface area (Å²) in [6.45, 7) is 3.98. The zero-order valence-electron chi connectivity index (χ0n) is 15.5. The van der Waals surface area contributed by atoms with E-state index in [1.165, 1.54) is 11.3 Å². The summed E-state index contributed by atoms with van der Waals surface area (Å²) in [5.41, 5.74) is 4.53. The standard InChI is InChI=1S/C22H24N4O/c1-14-6-8-16(9-7-14)26-11-10-15(13-26)23-22(27)18-12-17(18)21-24-19-4-2-3-5-20(19)25-21/h2-9,15,17-18H,10-13H2,1H3,(H,23,27)(H,24,25)/t15-,17?,18?/m1/s1. The molecule has 5 nitrogen and oxygen atoms in total. The number of carbonyl (C=O) groups excluding carboxylic acids is 1. The average molecular weight is 360 g/mol. The van der Waals surface area contributed by atoms with Gasteiger partial charge in [-0.25, -0.2) is 4.98 Å². The van der Waals surface area contributed by atoms with Crippen molar-refractivity contribution in [2.45, 2.75) is 31.7 Å². The molecule has 1 saturated carbocycles. The Balaban J connectivity index is 1.19. The van der Waals surface area contributed by atoms with E-state index in [4.69, 9.17) is 0 Å². The molecule has 5 rings (SSSR count). The van der Waals surface area contributed by atoms with Gasteiger partial charge in [0, 0.05) is 36.7 Å². The number of rotatable bonds is 4. The Kier molecular flexibility index (Phi) is 3.88. The lowest BCUT2D eigenvalue weighted by Gasteiger charge is -2.19. The number of fused-ring (bicyclic) bond motifs is 1. The van der Waals surface area contributed by atoms with Crippen LogP contribution in [0.5, 0.6) is 0 Å². The van der Waals surface area contributed by atoms with Crippen LogP contribution >= 0.6 is 0 Å². The number of imidazole rings is 1. The van der Waals surface area contributed by atoms with Gasteiger partial charge in [-0.15, -0.1) is 0 Å². The minimum absolute atomic E-state index is 0.0546. The molecule has 3 atom stereocenters. The number of aromatic nitrogens is 2. The van der Waals surface area contributed by atoms with Crippen LogP contribution in [0, 0.1) is 12.8 Å². The quantitative estimate of drug-likeness (QED) is 0.750. The highest BCUT2D eigenvalue weighted by atomic mass is 16.2. The third-order valence-corrected chi connectivity index (χ3v) is 5.82. The van der Waals surface area contributed by atoms with Crippen LogP contribution in [0.3, 0.4) is 0 Å². The molecule has 1 saturated heterocycles. The second-order valence-electron chi connectivity index (χ2n) is 7.86. The first-order chi connectivity index (χ1) is 13.2. The van der Waals surface area contributed by atoms with Crippen LogP contribution in [0.4, 0.5) is 5.69 Å². The molecule has 1 aliphatic heterocycles. The summed E-state index contributed by atoms with van der Waals surface area (Å²) < 4.78 is 0. The smallest absolute Gasteiger partial charge is 0.224 e. The van der Waals surface area contributed by atoms with Crippen molar-refractivity contribution in [3.63, 3.8) is 0 Å². The van der Waals surface area contributed by atoms with Crippen LogP contribution in [0.2, 0.25) is 0 Å². The van der Waals surface area contributed by atoms with Gasteiger partial charge in [0.25, 0.3) is 0 Å². The fourth-order valence-corrected chi connectivity index (χ4v) is 4.11. The van der Waals surface area contributed by atoms with Crippen molar-refractivity contribution in [1.29, 1.82) is 0 Å². The molecule has 27 heavy (non-hydrogen) atoms. The van der Waals surface area contributed by atoms with Gasteiger partial charge >= 0.3 is 0 Å². The van der Waals surface area contributed by atoms with Crippen molar-refractivity contribution in [3.05, 3.63) is 59.9 Å². The first-order valence-corrected chi connectivity index (χ1v) is 9.74. The van der Waals surface area contributed by atoms with Crippen LogP contribution in [0.15, 0.2) is 48.5 Å². The number of hydrogen-bond acceptors (Lipinski definition) is 3. The molecular weight excluding hydrogens is 336 g/mol. The minimum atomic E-state index is 0.0546. The molecule has 2 aromatic carbocycles. The van der Waals surface area contributed by atoms with Gasteiger partial charge in [0.15, 0.2) is 0 Å². The molecule has 1 aliphatic carbocycles. The maximum atomic E-state index is 12.7. The van der Waals surface area contributed by atoms with E-state index in [9.17, 15) is 4.79 Å². The van der Waals surface area contributed by atoms with Crippen LogP contribution < -0.4 is 10.2 Å². The average Bonchev–Trinajstić information content (AvgIpc) is 3.15. The molecule has 5 heteroatoms. The number of hydrogen-bond donors (Lipinski definition) is 2. The van der Waals surface area contributed by atoms with E-state index in [-0.39, 0.29) is 23.8 Å². The molecule has 0 bridgehead atoms. The normalized spacial score (nSPS) is 24.3. The Morgan fingerprint density at radius 2 is 2.00 bits per heavy atom. The molecular formula is C22H24N4O. The second-order valence-corrected chi connectivity index (χ2v) is 7.86. The van der Waals surface area contributed by atoms with Gasteiger partial charge in [0.2, 0.25) is 5.91 Å². The number of carbonyl (C=O) groups is 1. The topological polar surface area (TPSA) is 61.0 Å². The third-order valence-electron chi connectivity index (χ3n) is 5.82. The summed E-state index contributed by atoms with van der Waals surface area (Å²) >= 11 is 0. The summed E-state index contributed by atoms with van der Waals surface area (Å²) in [5, 5.41) is 3.26. The van der Waals surface area contributed by atoms with Gasteiger partial charge in [-0.3, -0.25) is 4.79 Å². The first kappa shape index (κ1) is 16.4. The minimum Gasteiger partial charge on any atom is -0.369 e. The number of para-hydroxylation sites is 2. The molecule has 138 valence electrons. The van der Waals surface area contributed by atoms with E-state index in [1.807, 2.05) is 24.3 Å². The Hall–Kier alpha value is -2.82. The van der Waals surface area contributed by atoms with E-state index >= 15 is 0 Å². The van der Waals surface area contributed by atoms with Crippen molar-refractivity contribution in [1.82, 2.24) is 15.3 Å². The molecule has 2 unspecified atom stereocenters. The molecule has 2 aliphatic rings. The molecule has 2 N–H and O–H groups in total. The van der Waals surface area contributed by atoms with Gasteiger partial charge in [-0.05, 0) is 44.0 Å². The zero-order chi connectivity index (χ0) is 18.4. The summed E-state index contributed by atoms with van der Waals surface area (Å²) in [6.07, 6.45) is 1.89. The molecule has 2 fully saturated rings. The van der Waals surface area contributed by atoms with Crippen molar-refractivity contribution in [2.24, 2.45) is 5.92 Å². The maximum Gasteiger partial charge on any atom is 0.224 e. The summed E-state index contributed by atoms with van der Waals surface area (Å²) in [6, 6.07) is 16.9. The van der Waals surface area contributed by atoms with Gasteiger partial charge < -0.3 is 15.2 Å². The Labute approximate surface area is 158 Å². The first-order valence-electron chi connectivity index (χ1n) is 9.74. The Morgan fingerprint density at radius 3 is 2.81 bits per heavy atom. The highest BCUT2D eigenvalue weighted by Gasteiger charge is 2.46. The van der Waals surface area contributed by atoms with Crippen LogP contribution in [0.25, 0.3) is 11.0 Å². The second kappa shape index (κ2) is 6.41. The number of benzene rings is 2. The van der Waals surface area contributed by atoms with E-state index in [0.717, 1.165) is 42.8 Å². The Morgan fingerprint density at radius 1 is 1.19 bits per heavy atom. The summed E-state index contributed by atoms with van der Waals surface area (Å²) in [4.78, 5) is 23.1. The SMILES string of the molecule is Cc1ccc(N2CC[C@@H](NC(=O)C3CC3c3nc4ccccc4[nH]3)C2)cc1. The van der Waals surface area contributed by atoms with Crippen LogP contribution in [0.1, 0.15) is 30.1 Å². The van der Waals surface area contributed by atoms with E-state index < -0.39 is 0 Å². The van der Waals surface area contributed by atoms with Gasteiger partial charge in [-0.1, -0.05) is 29.8 Å². The number of aryl methyl sites for hydroxylation is 1. The number of anilines is 1. The van der Waals surface area contributed by atoms with Crippen molar-refractivity contribution in [2.75, 3.05) is 18.0 Å². The van der Waals surface area contributed by atoms with E-state index in [1.54, 1.807) is 0 Å². The largest absolute Gasteiger partial charge is 0.369 e. The van der Waals surface area contributed by atoms with E-state index in [2.05, 4.69) is 51.4 Å². The summed E-state index contributed by atoms with van der Waals surface area (Å²) in [7, 11) is 0.